The van der Waals surface area contributed by atoms with E-state index in [1.54, 1.807) is 18.2 Å². The van der Waals surface area contributed by atoms with Crippen LogP contribution in [-0.2, 0) is 6.42 Å². The number of benzene rings is 2. The number of ketones is 1. The fraction of sp³-hybridized carbons (Fsp3) is 0.0714. The summed E-state index contributed by atoms with van der Waals surface area (Å²) in [5.74, 6) is -0.213. The highest BCUT2D eigenvalue weighted by atomic mass is 35.5. The molecule has 0 saturated carbocycles. The third kappa shape index (κ3) is 3.60. The van der Waals surface area contributed by atoms with Crippen molar-refractivity contribution in [1.82, 2.24) is 0 Å². The molecule has 0 bridgehead atoms. The minimum Gasteiger partial charge on any atom is -0.294 e. The summed E-state index contributed by atoms with van der Waals surface area (Å²) >= 11 is 29.6. The van der Waals surface area contributed by atoms with E-state index in [1.807, 2.05) is 0 Å². The summed E-state index contributed by atoms with van der Waals surface area (Å²) < 4.78 is 0. The third-order valence-corrected chi connectivity index (χ3v) is 4.19. The van der Waals surface area contributed by atoms with Crippen molar-refractivity contribution in [1.29, 1.82) is 0 Å². The van der Waals surface area contributed by atoms with Crippen molar-refractivity contribution in [3.05, 3.63) is 66.6 Å². The first-order chi connectivity index (χ1) is 9.38. The first-order valence-corrected chi connectivity index (χ1v) is 7.39. The lowest BCUT2D eigenvalue weighted by atomic mass is 10.0. The molecule has 1 nitrogen and oxygen atoms in total. The Morgan fingerprint density at radius 2 is 1.40 bits per heavy atom. The molecule has 0 aliphatic carbocycles. The lowest BCUT2D eigenvalue weighted by molar-refractivity contribution is 0.0993. The first-order valence-electron chi connectivity index (χ1n) is 5.50. The van der Waals surface area contributed by atoms with Gasteiger partial charge in [-0.25, -0.2) is 0 Å². The topological polar surface area (TPSA) is 17.1 Å². The highest BCUT2D eigenvalue weighted by Crippen LogP contribution is 2.30. The van der Waals surface area contributed by atoms with Gasteiger partial charge in [0.05, 0.1) is 25.7 Å². The van der Waals surface area contributed by atoms with Gasteiger partial charge in [0.2, 0.25) is 0 Å². The zero-order valence-corrected chi connectivity index (χ0v) is 13.7. The standard InChI is InChI=1S/C14H7Cl5O/c15-8-5-11(18)14(12(19)6-8)13(20)4-7-1-2-9(16)10(17)3-7/h1-3,5-6H,4H2. The molecule has 0 spiro atoms. The Labute approximate surface area is 141 Å². The maximum absolute atomic E-state index is 12.3. The van der Waals surface area contributed by atoms with Crippen molar-refractivity contribution in [3.63, 3.8) is 0 Å². The Bertz CT molecular complexity index is 658. The molecule has 0 aromatic heterocycles. The van der Waals surface area contributed by atoms with Crippen LogP contribution < -0.4 is 0 Å². The van der Waals surface area contributed by atoms with Gasteiger partial charge in [-0.2, -0.15) is 0 Å². The van der Waals surface area contributed by atoms with E-state index in [2.05, 4.69) is 0 Å². The number of rotatable bonds is 3. The first kappa shape index (κ1) is 15.9. The average molecular weight is 368 g/mol. The fourth-order valence-corrected chi connectivity index (χ4v) is 3.08. The molecule has 2 rings (SSSR count). The molecule has 0 amide bonds. The summed E-state index contributed by atoms with van der Waals surface area (Å²) in [4.78, 5) is 12.3. The van der Waals surface area contributed by atoms with Gasteiger partial charge < -0.3 is 0 Å². The van der Waals surface area contributed by atoms with Gasteiger partial charge in [-0.05, 0) is 29.8 Å². The SMILES string of the molecule is O=C(Cc1ccc(Cl)c(Cl)c1)c1c(Cl)cc(Cl)cc1Cl. The molecule has 0 unspecified atom stereocenters. The second-order valence-corrected chi connectivity index (χ2v) is 6.16. The molecule has 0 aliphatic rings. The van der Waals surface area contributed by atoms with Crippen LogP contribution >= 0.6 is 58.0 Å². The molecule has 0 fully saturated rings. The van der Waals surface area contributed by atoms with Crippen LogP contribution in [0.25, 0.3) is 0 Å². The maximum Gasteiger partial charge on any atom is 0.170 e. The van der Waals surface area contributed by atoms with E-state index in [-0.39, 0.29) is 27.8 Å². The Balaban J connectivity index is 2.31. The second kappa shape index (κ2) is 6.55. The molecule has 6 heteroatoms. The summed E-state index contributed by atoms with van der Waals surface area (Å²) in [5, 5.41) is 1.67. The van der Waals surface area contributed by atoms with E-state index >= 15 is 0 Å². The van der Waals surface area contributed by atoms with Crippen molar-refractivity contribution in [3.8, 4) is 0 Å². The fourth-order valence-electron chi connectivity index (χ4n) is 1.73. The predicted octanol–water partition coefficient (Wildman–Crippen LogP) is 6.38. The van der Waals surface area contributed by atoms with Gasteiger partial charge in [0.1, 0.15) is 0 Å². The second-order valence-electron chi connectivity index (χ2n) is 4.09. The van der Waals surface area contributed by atoms with Crippen LogP contribution in [0.15, 0.2) is 30.3 Å². The van der Waals surface area contributed by atoms with Crippen LogP contribution in [0.3, 0.4) is 0 Å². The van der Waals surface area contributed by atoms with Crippen molar-refractivity contribution in [2.45, 2.75) is 6.42 Å². The third-order valence-electron chi connectivity index (χ3n) is 2.63. The molecule has 20 heavy (non-hydrogen) atoms. The summed E-state index contributed by atoms with van der Waals surface area (Å²) in [6.07, 6.45) is 0.123. The summed E-state index contributed by atoms with van der Waals surface area (Å²) in [6, 6.07) is 7.97. The number of hydrogen-bond acceptors (Lipinski definition) is 1. The number of halogens is 5. The van der Waals surface area contributed by atoms with Gasteiger partial charge in [-0.3, -0.25) is 4.79 Å². The van der Waals surface area contributed by atoms with Crippen LogP contribution in [0.1, 0.15) is 15.9 Å². The van der Waals surface area contributed by atoms with Crippen LogP contribution in [0, 0.1) is 0 Å². The Kier molecular flexibility index (Phi) is 5.22. The van der Waals surface area contributed by atoms with E-state index in [0.717, 1.165) is 5.56 Å². The number of carbonyl (C=O) groups excluding carboxylic acids is 1. The molecule has 0 N–H and O–H groups in total. The van der Waals surface area contributed by atoms with E-state index in [4.69, 9.17) is 58.0 Å². The van der Waals surface area contributed by atoms with Crippen LogP contribution in [0.2, 0.25) is 25.1 Å². The molecule has 2 aromatic rings. The van der Waals surface area contributed by atoms with Gasteiger partial charge in [0.15, 0.2) is 5.78 Å². The number of hydrogen-bond donors (Lipinski definition) is 0. The van der Waals surface area contributed by atoms with Crippen molar-refractivity contribution >= 4 is 63.8 Å². The monoisotopic (exact) mass is 366 g/mol. The summed E-state index contributed by atoms with van der Waals surface area (Å²) in [7, 11) is 0. The maximum atomic E-state index is 12.3. The van der Waals surface area contributed by atoms with E-state index in [9.17, 15) is 4.79 Å². The highest BCUT2D eigenvalue weighted by molar-refractivity contribution is 6.43. The van der Waals surface area contributed by atoms with Crippen LogP contribution in [0.4, 0.5) is 0 Å². The number of carbonyl (C=O) groups is 1. The van der Waals surface area contributed by atoms with Crippen LogP contribution in [0.5, 0.6) is 0 Å². The molecule has 104 valence electrons. The van der Waals surface area contributed by atoms with Crippen molar-refractivity contribution < 1.29 is 4.79 Å². The lowest BCUT2D eigenvalue weighted by Gasteiger charge is -2.07. The molecular formula is C14H7Cl5O. The largest absolute Gasteiger partial charge is 0.294 e. The van der Waals surface area contributed by atoms with E-state index in [0.29, 0.717) is 15.1 Å². The zero-order valence-electron chi connectivity index (χ0n) is 9.89. The summed E-state index contributed by atoms with van der Waals surface area (Å²) in [6.45, 7) is 0. The summed E-state index contributed by atoms with van der Waals surface area (Å²) in [5.41, 5.74) is 0.982. The smallest absolute Gasteiger partial charge is 0.170 e. The minimum atomic E-state index is -0.213. The minimum absolute atomic E-state index is 0.123. The highest BCUT2D eigenvalue weighted by Gasteiger charge is 2.16. The Hall–Kier alpha value is -0.440. The molecule has 0 aliphatic heterocycles. The van der Waals surface area contributed by atoms with Gasteiger partial charge in [0.25, 0.3) is 0 Å². The van der Waals surface area contributed by atoms with E-state index < -0.39 is 0 Å². The molecule has 0 saturated heterocycles. The van der Waals surface area contributed by atoms with Crippen molar-refractivity contribution in [2.24, 2.45) is 0 Å². The average Bonchev–Trinajstić information content (AvgIpc) is 2.32. The zero-order chi connectivity index (χ0) is 14.9. The molecule has 0 atom stereocenters. The molecule has 2 aromatic carbocycles. The van der Waals surface area contributed by atoms with Gasteiger partial charge >= 0.3 is 0 Å². The Morgan fingerprint density at radius 1 is 0.800 bits per heavy atom. The predicted molar refractivity (Wildman–Crippen MR) is 86.0 cm³/mol. The van der Waals surface area contributed by atoms with Crippen molar-refractivity contribution in [2.75, 3.05) is 0 Å². The number of Topliss-reactive ketones (excluding diaryl/α,β-unsaturated/α-hetero) is 1. The molecule has 0 radical (unpaired) electrons. The normalized spacial score (nSPS) is 10.7. The van der Waals surface area contributed by atoms with E-state index in [1.165, 1.54) is 12.1 Å². The van der Waals surface area contributed by atoms with Crippen LogP contribution in [-0.4, -0.2) is 5.78 Å². The molecular weight excluding hydrogens is 361 g/mol. The van der Waals surface area contributed by atoms with Gasteiger partial charge in [0, 0.05) is 11.4 Å². The lowest BCUT2D eigenvalue weighted by Crippen LogP contribution is -2.05. The van der Waals surface area contributed by atoms with Gasteiger partial charge in [-0.1, -0.05) is 64.1 Å². The molecule has 0 heterocycles. The van der Waals surface area contributed by atoms with Gasteiger partial charge in [-0.15, -0.1) is 0 Å². The quantitative estimate of drug-likeness (QED) is 0.575. The Morgan fingerprint density at radius 3 is 1.95 bits per heavy atom.